The Bertz CT molecular complexity index is 451. The van der Waals surface area contributed by atoms with Crippen molar-refractivity contribution in [3.05, 3.63) is 23.7 Å². The molecule has 2 aliphatic rings. The van der Waals surface area contributed by atoms with E-state index in [0.717, 1.165) is 57.8 Å². The van der Waals surface area contributed by atoms with Gasteiger partial charge < -0.3 is 19.2 Å². The van der Waals surface area contributed by atoms with Crippen LogP contribution in [0.3, 0.4) is 0 Å². The molecule has 1 spiro atoms. The molecule has 21 heavy (non-hydrogen) atoms. The summed E-state index contributed by atoms with van der Waals surface area (Å²) >= 11 is 0. The molecule has 1 aromatic rings. The standard InChI is InChI=1S/C17H27NO3/c1-3-6-18-16(15-9-13(2)20-11-15)14-4-7-21-17(10-14)5-8-19-12-17/h9,11,14,16,18H,3-8,10,12H2,1-2H3. The van der Waals surface area contributed by atoms with Gasteiger partial charge in [0.15, 0.2) is 0 Å². The molecule has 1 N–H and O–H groups in total. The molecule has 3 rings (SSSR count). The van der Waals surface area contributed by atoms with E-state index in [1.807, 2.05) is 13.2 Å². The van der Waals surface area contributed by atoms with Crippen LogP contribution in [0.2, 0.25) is 0 Å². The molecule has 4 heteroatoms. The van der Waals surface area contributed by atoms with Crippen molar-refractivity contribution >= 4 is 0 Å². The Labute approximate surface area is 127 Å². The van der Waals surface area contributed by atoms with Gasteiger partial charge in [-0.2, -0.15) is 0 Å². The van der Waals surface area contributed by atoms with E-state index in [0.29, 0.717) is 12.0 Å². The van der Waals surface area contributed by atoms with Gasteiger partial charge in [-0.3, -0.25) is 0 Å². The number of ether oxygens (including phenoxy) is 2. The van der Waals surface area contributed by atoms with Gasteiger partial charge in [-0.15, -0.1) is 0 Å². The lowest BCUT2D eigenvalue weighted by Crippen LogP contribution is -2.44. The second-order valence-corrected chi connectivity index (χ2v) is 6.51. The number of hydrogen-bond donors (Lipinski definition) is 1. The largest absolute Gasteiger partial charge is 0.469 e. The van der Waals surface area contributed by atoms with Crippen molar-refractivity contribution in [2.24, 2.45) is 5.92 Å². The second-order valence-electron chi connectivity index (χ2n) is 6.51. The van der Waals surface area contributed by atoms with Crippen LogP contribution in [0.25, 0.3) is 0 Å². The fourth-order valence-electron chi connectivity index (χ4n) is 3.70. The van der Waals surface area contributed by atoms with E-state index in [9.17, 15) is 0 Å². The molecular formula is C17H27NO3. The van der Waals surface area contributed by atoms with Crippen molar-refractivity contribution < 1.29 is 13.9 Å². The smallest absolute Gasteiger partial charge is 0.101 e. The zero-order valence-corrected chi connectivity index (χ0v) is 13.2. The molecule has 1 aromatic heterocycles. The minimum atomic E-state index is -0.0339. The SMILES string of the molecule is CCCNC(c1coc(C)c1)C1CCOC2(CCOC2)C1. The molecule has 2 aliphatic heterocycles. The number of nitrogens with one attached hydrogen (secondary N) is 1. The summed E-state index contributed by atoms with van der Waals surface area (Å²) in [5.41, 5.74) is 1.25. The lowest BCUT2D eigenvalue weighted by Gasteiger charge is -2.40. The van der Waals surface area contributed by atoms with Crippen molar-refractivity contribution in [3.63, 3.8) is 0 Å². The maximum atomic E-state index is 6.08. The van der Waals surface area contributed by atoms with Crippen molar-refractivity contribution in [1.29, 1.82) is 0 Å². The van der Waals surface area contributed by atoms with Gasteiger partial charge in [0.2, 0.25) is 0 Å². The van der Waals surface area contributed by atoms with Gasteiger partial charge in [0.25, 0.3) is 0 Å². The summed E-state index contributed by atoms with van der Waals surface area (Å²) < 4.78 is 17.2. The summed E-state index contributed by atoms with van der Waals surface area (Å²) in [6, 6.07) is 2.53. The van der Waals surface area contributed by atoms with Crippen LogP contribution >= 0.6 is 0 Å². The van der Waals surface area contributed by atoms with Gasteiger partial charge in [0.05, 0.1) is 18.5 Å². The number of hydrogen-bond acceptors (Lipinski definition) is 4. The van der Waals surface area contributed by atoms with Gasteiger partial charge >= 0.3 is 0 Å². The van der Waals surface area contributed by atoms with Gasteiger partial charge in [0, 0.05) is 31.2 Å². The Balaban J connectivity index is 1.75. The fraction of sp³-hybridized carbons (Fsp3) is 0.765. The Kier molecular flexibility index (Phi) is 4.67. The quantitative estimate of drug-likeness (QED) is 0.905. The highest BCUT2D eigenvalue weighted by molar-refractivity contribution is 5.18. The highest BCUT2D eigenvalue weighted by Gasteiger charge is 2.43. The first-order valence-electron chi connectivity index (χ1n) is 8.22. The number of aryl methyl sites for hydroxylation is 1. The van der Waals surface area contributed by atoms with Gasteiger partial charge in [-0.1, -0.05) is 6.92 Å². The normalized spacial score (nSPS) is 30.9. The molecule has 0 bridgehead atoms. The van der Waals surface area contributed by atoms with Gasteiger partial charge in [0.1, 0.15) is 5.76 Å². The van der Waals surface area contributed by atoms with Crippen LogP contribution in [0.15, 0.2) is 16.7 Å². The zero-order chi connectivity index (χ0) is 14.7. The summed E-state index contributed by atoms with van der Waals surface area (Å²) in [5.74, 6) is 1.57. The Morgan fingerprint density at radius 3 is 3.00 bits per heavy atom. The van der Waals surface area contributed by atoms with E-state index in [1.165, 1.54) is 5.56 Å². The summed E-state index contributed by atoms with van der Waals surface area (Å²) in [4.78, 5) is 0. The van der Waals surface area contributed by atoms with Crippen molar-refractivity contribution in [3.8, 4) is 0 Å². The topological polar surface area (TPSA) is 43.6 Å². The zero-order valence-electron chi connectivity index (χ0n) is 13.2. The molecule has 0 aliphatic carbocycles. The monoisotopic (exact) mass is 293 g/mol. The molecule has 0 aromatic carbocycles. The summed E-state index contributed by atoms with van der Waals surface area (Å²) in [7, 11) is 0. The molecule has 118 valence electrons. The van der Waals surface area contributed by atoms with E-state index in [2.05, 4.69) is 18.3 Å². The predicted octanol–water partition coefficient (Wildman–Crippen LogP) is 3.21. The van der Waals surface area contributed by atoms with Crippen LogP contribution in [0.4, 0.5) is 0 Å². The van der Waals surface area contributed by atoms with Crippen LogP contribution < -0.4 is 5.32 Å². The third kappa shape index (κ3) is 3.33. The highest BCUT2D eigenvalue weighted by atomic mass is 16.6. The van der Waals surface area contributed by atoms with Crippen LogP contribution in [0.1, 0.15) is 50.0 Å². The van der Waals surface area contributed by atoms with Crippen molar-refractivity contribution in [2.75, 3.05) is 26.4 Å². The predicted molar refractivity (Wildman–Crippen MR) is 81.3 cm³/mol. The van der Waals surface area contributed by atoms with Crippen LogP contribution in [-0.2, 0) is 9.47 Å². The summed E-state index contributed by atoms with van der Waals surface area (Å²) in [6.07, 6.45) is 6.28. The molecule has 4 nitrogen and oxygen atoms in total. The Hall–Kier alpha value is -0.840. The number of rotatable bonds is 5. The molecule has 0 amide bonds. The molecule has 2 saturated heterocycles. The molecule has 3 heterocycles. The Morgan fingerprint density at radius 1 is 1.43 bits per heavy atom. The lowest BCUT2D eigenvalue weighted by atomic mass is 9.79. The highest BCUT2D eigenvalue weighted by Crippen LogP contribution is 2.41. The van der Waals surface area contributed by atoms with Crippen LogP contribution in [0.5, 0.6) is 0 Å². The van der Waals surface area contributed by atoms with Gasteiger partial charge in [-0.05, 0) is 44.7 Å². The molecule has 3 atom stereocenters. The van der Waals surface area contributed by atoms with E-state index >= 15 is 0 Å². The fourth-order valence-corrected chi connectivity index (χ4v) is 3.70. The third-order valence-electron chi connectivity index (χ3n) is 4.79. The van der Waals surface area contributed by atoms with E-state index in [-0.39, 0.29) is 5.60 Å². The van der Waals surface area contributed by atoms with Crippen molar-refractivity contribution in [2.45, 2.75) is 51.2 Å². The second kappa shape index (κ2) is 6.51. The molecule has 0 radical (unpaired) electrons. The lowest BCUT2D eigenvalue weighted by molar-refractivity contribution is -0.103. The molecular weight excluding hydrogens is 266 g/mol. The van der Waals surface area contributed by atoms with Crippen molar-refractivity contribution in [1.82, 2.24) is 5.32 Å². The van der Waals surface area contributed by atoms with Crippen LogP contribution in [-0.4, -0.2) is 32.0 Å². The molecule has 0 saturated carbocycles. The minimum absolute atomic E-state index is 0.0339. The van der Waals surface area contributed by atoms with E-state index in [1.54, 1.807) is 0 Å². The average molecular weight is 293 g/mol. The first kappa shape index (κ1) is 15.1. The maximum absolute atomic E-state index is 6.08. The average Bonchev–Trinajstić information content (AvgIpc) is 3.10. The van der Waals surface area contributed by atoms with E-state index in [4.69, 9.17) is 13.9 Å². The first-order chi connectivity index (χ1) is 10.2. The summed E-state index contributed by atoms with van der Waals surface area (Å²) in [5, 5.41) is 3.72. The summed E-state index contributed by atoms with van der Waals surface area (Å²) in [6.45, 7) is 7.70. The Morgan fingerprint density at radius 2 is 2.33 bits per heavy atom. The number of furan rings is 1. The van der Waals surface area contributed by atoms with E-state index < -0.39 is 0 Å². The first-order valence-corrected chi connectivity index (χ1v) is 8.22. The van der Waals surface area contributed by atoms with Gasteiger partial charge in [-0.25, -0.2) is 0 Å². The maximum Gasteiger partial charge on any atom is 0.101 e. The third-order valence-corrected chi connectivity index (χ3v) is 4.79. The van der Waals surface area contributed by atoms with Crippen LogP contribution in [0, 0.1) is 12.8 Å². The molecule has 3 unspecified atom stereocenters. The molecule has 2 fully saturated rings. The minimum Gasteiger partial charge on any atom is -0.469 e.